The number of carboxylic acid groups (broad SMARTS) is 1. The van der Waals surface area contributed by atoms with E-state index in [2.05, 4.69) is 15.1 Å². The summed E-state index contributed by atoms with van der Waals surface area (Å²) in [5.41, 5.74) is 2.96. The Bertz CT molecular complexity index is 665. The monoisotopic (exact) mass is 256 g/mol. The maximum atomic E-state index is 10.9. The van der Waals surface area contributed by atoms with Crippen molar-refractivity contribution in [2.75, 3.05) is 0 Å². The van der Waals surface area contributed by atoms with E-state index in [1.165, 1.54) is 6.42 Å². The van der Waals surface area contributed by atoms with Crippen LogP contribution in [0.4, 0.5) is 0 Å². The molecule has 2 heterocycles. The van der Waals surface area contributed by atoms with Gasteiger partial charge >= 0.3 is 5.97 Å². The van der Waals surface area contributed by atoms with E-state index in [-0.39, 0.29) is 6.42 Å². The molecule has 19 heavy (non-hydrogen) atoms. The third kappa shape index (κ3) is 1.56. The molecule has 1 N–H and O–H groups in total. The van der Waals surface area contributed by atoms with Crippen LogP contribution in [0.1, 0.15) is 29.3 Å². The zero-order chi connectivity index (χ0) is 13.0. The van der Waals surface area contributed by atoms with E-state index in [0.717, 1.165) is 17.7 Å². The second-order valence-electron chi connectivity index (χ2n) is 5.16. The summed E-state index contributed by atoms with van der Waals surface area (Å²) in [6.07, 6.45) is 7.03. The number of fused-ring (bicyclic) bond motifs is 3. The first-order valence-corrected chi connectivity index (χ1v) is 6.33. The predicted octanol–water partition coefficient (Wildman–Crippen LogP) is 0.949. The van der Waals surface area contributed by atoms with Crippen molar-refractivity contribution in [1.82, 2.24) is 19.7 Å². The van der Waals surface area contributed by atoms with E-state index in [0.29, 0.717) is 23.3 Å². The number of aliphatic carboxylic acids is 1. The first-order valence-electron chi connectivity index (χ1n) is 6.33. The van der Waals surface area contributed by atoms with E-state index >= 15 is 0 Å². The summed E-state index contributed by atoms with van der Waals surface area (Å²) < 4.78 is 1.79. The number of rotatable bonds is 3. The fourth-order valence-electron chi connectivity index (χ4n) is 3.04. The summed E-state index contributed by atoms with van der Waals surface area (Å²) in [5.74, 6) is 1.05. The Hall–Kier alpha value is -2.24. The zero-order valence-electron chi connectivity index (χ0n) is 10.2. The van der Waals surface area contributed by atoms with Gasteiger partial charge in [-0.3, -0.25) is 9.78 Å². The molecule has 6 nitrogen and oxygen atoms in total. The summed E-state index contributed by atoms with van der Waals surface area (Å²) in [4.78, 5) is 19.2. The molecule has 2 aromatic heterocycles. The molecule has 2 atom stereocenters. The van der Waals surface area contributed by atoms with E-state index in [1.54, 1.807) is 23.3 Å². The lowest BCUT2D eigenvalue weighted by atomic mass is 10.1. The predicted molar refractivity (Wildman–Crippen MR) is 65.0 cm³/mol. The quantitative estimate of drug-likeness (QED) is 0.884. The molecule has 0 spiro atoms. The van der Waals surface area contributed by atoms with E-state index in [4.69, 9.17) is 5.11 Å². The highest BCUT2D eigenvalue weighted by Gasteiger charge is 2.49. The molecule has 2 unspecified atom stereocenters. The normalized spacial score (nSPS) is 22.9. The van der Waals surface area contributed by atoms with Gasteiger partial charge < -0.3 is 5.11 Å². The minimum atomic E-state index is -0.841. The minimum absolute atomic E-state index is 0.0188. The van der Waals surface area contributed by atoms with Crippen molar-refractivity contribution in [3.63, 3.8) is 0 Å². The van der Waals surface area contributed by atoms with Crippen LogP contribution < -0.4 is 0 Å². The van der Waals surface area contributed by atoms with Gasteiger partial charge in [0, 0.05) is 18.3 Å². The molecule has 0 radical (unpaired) electrons. The van der Waals surface area contributed by atoms with Crippen LogP contribution >= 0.6 is 0 Å². The van der Waals surface area contributed by atoms with Gasteiger partial charge in [0.2, 0.25) is 0 Å². The molecule has 1 saturated carbocycles. The fraction of sp³-hybridized carbons (Fsp3) is 0.385. The largest absolute Gasteiger partial charge is 0.481 e. The second kappa shape index (κ2) is 3.63. The molecule has 6 heteroatoms. The highest BCUT2D eigenvalue weighted by molar-refractivity contribution is 5.70. The summed E-state index contributed by atoms with van der Waals surface area (Å²) >= 11 is 0. The van der Waals surface area contributed by atoms with Gasteiger partial charge in [-0.25, -0.2) is 9.67 Å². The molecule has 2 aliphatic carbocycles. The van der Waals surface area contributed by atoms with Crippen LogP contribution in [0.25, 0.3) is 5.82 Å². The van der Waals surface area contributed by atoms with Crippen molar-refractivity contribution in [2.45, 2.75) is 25.2 Å². The maximum absolute atomic E-state index is 10.9. The maximum Gasteiger partial charge on any atom is 0.309 e. The van der Waals surface area contributed by atoms with Crippen molar-refractivity contribution in [1.29, 1.82) is 0 Å². The number of nitrogens with zero attached hydrogens (tertiary/aromatic N) is 4. The first-order chi connectivity index (χ1) is 9.24. The van der Waals surface area contributed by atoms with Gasteiger partial charge in [-0.1, -0.05) is 0 Å². The van der Waals surface area contributed by atoms with Gasteiger partial charge in [0.1, 0.15) is 0 Å². The molecule has 0 amide bonds. The topological polar surface area (TPSA) is 80.9 Å². The van der Waals surface area contributed by atoms with Gasteiger partial charge in [-0.15, -0.1) is 0 Å². The average Bonchev–Trinajstić information content (AvgIpc) is 2.93. The lowest BCUT2D eigenvalue weighted by Crippen LogP contribution is -2.06. The minimum Gasteiger partial charge on any atom is -0.481 e. The molecule has 2 aliphatic rings. The smallest absolute Gasteiger partial charge is 0.309 e. The SMILES string of the molecule is O=C(O)Cc1nn(-c2cnccn2)c2c1CC1CC21. The number of carbonyl (C=O) groups is 1. The molecule has 2 aromatic rings. The van der Waals surface area contributed by atoms with Gasteiger partial charge in [0.25, 0.3) is 0 Å². The highest BCUT2D eigenvalue weighted by Crippen LogP contribution is 2.57. The van der Waals surface area contributed by atoms with Gasteiger partial charge in [0.15, 0.2) is 5.82 Å². The lowest BCUT2D eigenvalue weighted by molar-refractivity contribution is -0.136. The Morgan fingerprint density at radius 2 is 2.37 bits per heavy atom. The van der Waals surface area contributed by atoms with Crippen LogP contribution in [0.3, 0.4) is 0 Å². The summed E-state index contributed by atoms with van der Waals surface area (Å²) in [6.45, 7) is 0. The molecule has 0 saturated heterocycles. The van der Waals surface area contributed by atoms with Crippen LogP contribution in [0, 0.1) is 5.92 Å². The van der Waals surface area contributed by atoms with Crippen molar-refractivity contribution < 1.29 is 9.90 Å². The third-order valence-electron chi connectivity index (χ3n) is 3.93. The van der Waals surface area contributed by atoms with Crippen LogP contribution in [0.5, 0.6) is 0 Å². The van der Waals surface area contributed by atoms with E-state index < -0.39 is 5.97 Å². The Labute approximate surface area is 109 Å². The van der Waals surface area contributed by atoms with Crippen molar-refractivity contribution >= 4 is 5.97 Å². The Morgan fingerprint density at radius 3 is 3.11 bits per heavy atom. The van der Waals surface area contributed by atoms with Crippen LogP contribution in [-0.4, -0.2) is 30.8 Å². The highest BCUT2D eigenvalue weighted by atomic mass is 16.4. The lowest BCUT2D eigenvalue weighted by Gasteiger charge is -2.03. The Morgan fingerprint density at radius 1 is 1.47 bits per heavy atom. The molecule has 4 rings (SSSR count). The number of hydrogen-bond acceptors (Lipinski definition) is 4. The molecular weight excluding hydrogens is 244 g/mol. The molecule has 0 bridgehead atoms. The average molecular weight is 256 g/mol. The van der Waals surface area contributed by atoms with Crippen LogP contribution in [-0.2, 0) is 17.6 Å². The van der Waals surface area contributed by atoms with Crippen molar-refractivity contribution in [3.8, 4) is 5.82 Å². The zero-order valence-corrected chi connectivity index (χ0v) is 10.2. The van der Waals surface area contributed by atoms with Crippen LogP contribution in [0.2, 0.25) is 0 Å². The van der Waals surface area contributed by atoms with Gasteiger partial charge in [-0.05, 0) is 24.3 Å². The van der Waals surface area contributed by atoms with Crippen molar-refractivity contribution in [2.24, 2.45) is 5.92 Å². The fourth-order valence-corrected chi connectivity index (χ4v) is 3.04. The Kier molecular flexibility index (Phi) is 2.04. The summed E-state index contributed by atoms with van der Waals surface area (Å²) in [7, 11) is 0. The second-order valence-corrected chi connectivity index (χ2v) is 5.16. The van der Waals surface area contributed by atoms with Gasteiger partial charge in [-0.2, -0.15) is 5.10 Å². The number of hydrogen-bond donors (Lipinski definition) is 1. The number of aromatic nitrogens is 4. The molecule has 1 fully saturated rings. The Balaban J connectivity index is 1.85. The molecular formula is C13H12N4O2. The summed E-state index contributed by atoms with van der Waals surface area (Å²) in [5, 5.41) is 13.4. The number of carboxylic acids is 1. The van der Waals surface area contributed by atoms with E-state index in [9.17, 15) is 4.79 Å². The standard InChI is InChI=1S/C13H12N4O2/c18-12(19)5-10-9-4-7-3-8(7)13(9)17(16-10)11-6-14-1-2-15-11/h1-2,6-8H,3-5H2,(H,18,19). The van der Waals surface area contributed by atoms with Gasteiger partial charge in [0.05, 0.1) is 24.0 Å². The third-order valence-corrected chi connectivity index (χ3v) is 3.93. The molecule has 96 valence electrons. The molecule has 0 aliphatic heterocycles. The molecule has 0 aromatic carbocycles. The van der Waals surface area contributed by atoms with Crippen molar-refractivity contribution in [3.05, 3.63) is 35.5 Å². The van der Waals surface area contributed by atoms with E-state index in [1.807, 2.05) is 0 Å². The van der Waals surface area contributed by atoms with Crippen LogP contribution in [0.15, 0.2) is 18.6 Å². The summed E-state index contributed by atoms with van der Waals surface area (Å²) in [6, 6.07) is 0. The first kappa shape index (κ1) is 10.7.